The van der Waals surface area contributed by atoms with E-state index in [1.165, 1.54) is 44.3 Å². The highest BCUT2D eigenvalue weighted by molar-refractivity contribution is 14.0. The predicted octanol–water partition coefficient (Wildman–Crippen LogP) is 2.53. The fourth-order valence-electron chi connectivity index (χ4n) is 4.04. The van der Waals surface area contributed by atoms with E-state index in [0.717, 1.165) is 25.6 Å². The molecule has 2 fully saturated rings. The molecule has 26 heavy (non-hydrogen) atoms. The van der Waals surface area contributed by atoms with E-state index in [4.69, 9.17) is 0 Å². The molecule has 1 aromatic rings. The first-order chi connectivity index (χ1) is 12.3. The smallest absolute Gasteiger partial charge is 0.191 e. The first kappa shape index (κ1) is 21.4. The number of halogens is 1. The van der Waals surface area contributed by atoms with Crippen molar-refractivity contribution in [3.05, 3.63) is 35.9 Å². The summed E-state index contributed by atoms with van der Waals surface area (Å²) in [5.74, 6) is 0.937. The number of likely N-dealkylation sites (N-methyl/N-ethyl adjacent to an activating group) is 1. The second kappa shape index (κ2) is 11.1. The zero-order chi connectivity index (χ0) is 17.5. The van der Waals surface area contributed by atoms with Gasteiger partial charge < -0.3 is 15.5 Å². The van der Waals surface area contributed by atoms with Gasteiger partial charge in [-0.3, -0.25) is 9.89 Å². The molecule has 2 atom stereocenters. The van der Waals surface area contributed by atoms with Gasteiger partial charge in [-0.2, -0.15) is 0 Å². The maximum absolute atomic E-state index is 4.40. The van der Waals surface area contributed by atoms with Crippen LogP contribution in [-0.4, -0.2) is 68.1 Å². The van der Waals surface area contributed by atoms with Gasteiger partial charge in [-0.1, -0.05) is 30.3 Å². The molecule has 0 saturated carbocycles. The minimum atomic E-state index is 0. The van der Waals surface area contributed by atoms with Crippen molar-refractivity contribution in [2.24, 2.45) is 4.99 Å². The number of hydrogen-bond donors (Lipinski definition) is 2. The summed E-state index contributed by atoms with van der Waals surface area (Å²) in [5, 5.41) is 7.05. The molecular formula is C20H34IN5. The fourth-order valence-corrected chi connectivity index (χ4v) is 4.04. The van der Waals surface area contributed by atoms with Crippen LogP contribution in [0.2, 0.25) is 0 Å². The largest absolute Gasteiger partial charge is 0.355 e. The van der Waals surface area contributed by atoms with Crippen LogP contribution < -0.4 is 10.6 Å². The number of nitrogens with zero attached hydrogens (tertiary/aromatic N) is 3. The number of likely N-dealkylation sites (tertiary alicyclic amines) is 2. The Morgan fingerprint density at radius 2 is 1.69 bits per heavy atom. The third-order valence-electron chi connectivity index (χ3n) is 5.63. The van der Waals surface area contributed by atoms with Crippen molar-refractivity contribution in [1.29, 1.82) is 0 Å². The summed E-state index contributed by atoms with van der Waals surface area (Å²) in [6.07, 6.45) is 5.15. The fraction of sp³-hybridized carbons (Fsp3) is 0.650. The Hall–Kier alpha value is -0.860. The number of benzene rings is 1. The van der Waals surface area contributed by atoms with Gasteiger partial charge in [-0.25, -0.2) is 0 Å². The van der Waals surface area contributed by atoms with Crippen LogP contribution >= 0.6 is 24.0 Å². The lowest BCUT2D eigenvalue weighted by molar-refractivity contribution is 0.245. The minimum Gasteiger partial charge on any atom is -0.355 e. The minimum absolute atomic E-state index is 0. The van der Waals surface area contributed by atoms with Crippen molar-refractivity contribution in [3.8, 4) is 0 Å². The average Bonchev–Trinajstić information content (AvgIpc) is 3.25. The maximum atomic E-state index is 4.40. The lowest BCUT2D eigenvalue weighted by atomic mass is 10.2. The van der Waals surface area contributed by atoms with Crippen LogP contribution in [0.25, 0.3) is 0 Å². The van der Waals surface area contributed by atoms with Crippen LogP contribution in [0, 0.1) is 0 Å². The molecule has 5 nitrogen and oxygen atoms in total. The Bertz CT molecular complexity index is 550. The molecule has 1 aromatic carbocycles. The SMILES string of the molecule is CN=C(NCC1CCCN1C)NCC1CCCN1Cc1ccccc1.I. The Kier molecular flexibility index (Phi) is 9.15. The summed E-state index contributed by atoms with van der Waals surface area (Å²) in [5.41, 5.74) is 1.40. The Balaban J connectivity index is 0.00000243. The van der Waals surface area contributed by atoms with Gasteiger partial charge in [0.2, 0.25) is 0 Å². The molecule has 146 valence electrons. The molecule has 2 heterocycles. The molecule has 2 aliphatic rings. The standard InChI is InChI=1S/C20H33N5.HI/c1-21-20(22-14-18-10-6-12-24(18)2)23-15-19-11-7-13-25(19)16-17-8-4-3-5-9-17;/h3-5,8-9,18-19H,6-7,10-16H2,1-2H3,(H2,21,22,23);1H. The number of aliphatic imine (C=N–C) groups is 1. The third-order valence-corrected chi connectivity index (χ3v) is 5.63. The van der Waals surface area contributed by atoms with E-state index in [-0.39, 0.29) is 24.0 Å². The van der Waals surface area contributed by atoms with Gasteiger partial charge in [0.1, 0.15) is 0 Å². The quantitative estimate of drug-likeness (QED) is 0.380. The van der Waals surface area contributed by atoms with E-state index in [1.54, 1.807) is 0 Å². The summed E-state index contributed by atoms with van der Waals surface area (Å²) < 4.78 is 0. The predicted molar refractivity (Wildman–Crippen MR) is 120 cm³/mol. The Morgan fingerprint density at radius 1 is 1.04 bits per heavy atom. The zero-order valence-corrected chi connectivity index (χ0v) is 18.5. The van der Waals surface area contributed by atoms with E-state index in [9.17, 15) is 0 Å². The maximum Gasteiger partial charge on any atom is 0.191 e. The average molecular weight is 471 g/mol. The van der Waals surface area contributed by atoms with E-state index in [0.29, 0.717) is 12.1 Å². The molecule has 0 amide bonds. The monoisotopic (exact) mass is 471 g/mol. The number of hydrogen-bond acceptors (Lipinski definition) is 3. The Labute approximate surface area is 175 Å². The molecule has 3 rings (SSSR count). The van der Waals surface area contributed by atoms with Crippen molar-refractivity contribution in [1.82, 2.24) is 20.4 Å². The van der Waals surface area contributed by atoms with Crippen molar-refractivity contribution in [2.75, 3.05) is 40.3 Å². The summed E-state index contributed by atoms with van der Waals surface area (Å²) in [6, 6.07) is 12.0. The molecule has 0 bridgehead atoms. The zero-order valence-electron chi connectivity index (χ0n) is 16.2. The van der Waals surface area contributed by atoms with E-state index < -0.39 is 0 Å². The van der Waals surface area contributed by atoms with Gasteiger partial charge in [0.05, 0.1) is 0 Å². The van der Waals surface area contributed by atoms with E-state index in [1.807, 2.05) is 7.05 Å². The van der Waals surface area contributed by atoms with Gasteiger partial charge in [0.15, 0.2) is 5.96 Å². The summed E-state index contributed by atoms with van der Waals surface area (Å²) in [4.78, 5) is 9.44. The van der Waals surface area contributed by atoms with Crippen LogP contribution in [-0.2, 0) is 6.54 Å². The molecule has 2 unspecified atom stereocenters. The van der Waals surface area contributed by atoms with Crippen molar-refractivity contribution >= 4 is 29.9 Å². The first-order valence-corrected chi connectivity index (χ1v) is 9.69. The van der Waals surface area contributed by atoms with Crippen LogP contribution in [0.1, 0.15) is 31.2 Å². The second-order valence-electron chi connectivity index (χ2n) is 7.36. The highest BCUT2D eigenvalue weighted by Gasteiger charge is 2.25. The molecule has 0 spiro atoms. The van der Waals surface area contributed by atoms with Crippen molar-refractivity contribution < 1.29 is 0 Å². The number of rotatable bonds is 6. The molecule has 6 heteroatoms. The topological polar surface area (TPSA) is 42.9 Å². The normalized spacial score (nSPS) is 24.5. The summed E-state index contributed by atoms with van der Waals surface area (Å²) in [7, 11) is 4.08. The third kappa shape index (κ3) is 6.09. The van der Waals surface area contributed by atoms with Crippen LogP contribution in [0.15, 0.2) is 35.3 Å². The van der Waals surface area contributed by atoms with E-state index >= 15 is 0 Å². The molecule has 0 aromatic heterocycles. The van der Waals surface area contributed by atoms with Gasteiger partial charge in [-0.05, 0) is 51.4 Å². The highest BCUT2D eigenvalue weighted by Crippen LogP contribution is 2.19. The Morgan fingerprint density at radius 3 is 2.35 bits per heavy atom. The van der Waals surface area contributed by atoms with Gasteiger partial charge in [0, 0.05) is 38.8 Å². The molecule has 0 radical (unpaired) electrons. The lowest BCUT2D eigenvalue weighted by Gasteiger charge is -2.26. The molecule has 2 aliphatic heterocycles. The van der Waals surface area contributed by atoms with Crippen LogP contribution in [0.3, 0.4) is 0 Å². The molecule has 0 aliphatic carbocycles. The molecule has 2 saturated heterocycles. The number of guanidine groups is 1. The second-order valence-corrected chi connectivity index (χ2v) is 7.36. The van der Waals surface area contributed by atoms with Gasteiger partial charge >= 0.3 is 0 Å². The van der Waals surface area contributed by atoms with Gasteiger partial charge in [0.25, 0.3) is 0 Å². The van der Waals surface area contributed by atoms with Crippen molar-refractivity contribution in [3.63, 3.8) is 0 Å². The molecule has 2 N–H and O–H groups in total. The van der Waals surface area contributed by atoms with E-state index in [2.05, 4.69) is 62.8 Å². The highest BCUT2D eigenvalue weighted by atomic mass is 127. The molecular weight excluding hydrogens is 437 g/mol. The van der Waals surface area contributed by atoms with Crippen LogP contribution in [0.4, 0.5) is 0 Å². The van der Waals surface area contributed by atoms with Crippen LogP contribution in [0.5, 0.6) is 0 Å². The lowest BCUT2D eigenvalue weighted by Crippen LogP contribution is -2.47. The van der Waals surface area contributed by atoms with Gasteiger partial charge in [-0.15, -0.1) is 24.0 Å². The summed E-state index contributed by atoms with van der Waals surface area (Å²) in [6.45, 7) is 5.41. The first-order valence-electron chi connectivity index (χ1n) is 9.69. The summed E-state index contributed by atoms with van der Waals surface area (Å²) >= 11 is 0. The van der Waals surface area contributed by atoms with Crippen molar-refractivity contribution in [2.45, 2.75) is 44.3 Å². The number of nitrogens with one attached hydrogen (secondary N) is 2.